The molecule has 3 saturated heterocycles. The third-order valence-electron chi connectivity index (χ3n) is 6.21. The minimum Gasteiger partial charge on any atom is -0.409 e. The van der Waals surface area contributed by atoms with Gasteiger partial charge >= 0.3 is 6.09 Å². The average Bonchev–Trinajstić information content (AvgIpc) is 3.04. The number of nitrogens with zero attached hydrogens (tertiary/aromatic N) is 3. The fourth-order valence-corrected chi connectivity index (χ4v) is 4.68. The summed E-state index contributed by atoms with van der Waals surface area (Å²) in [5.74, 6) is 1.53. The number of ether oxygens (including phenoxy) is 2. The first-order valence-corrected chi connectivity index (χ1v) is 10.1. The molecule has 3 aliphatic rings. The Balaban J connectivity index is 1.44. The van der Waals surface area contributed by atoms with E-state index in [0.717, 1.165) is 64.2 Å². The number of likely N-dealkylation sites (tertiary alicyclic amines) is 1. The first-order chi connectivity index (χ1) is 13.6. The first-order valence-electron chi connectivity index (χ1n) is 10.1. The van der Waals surface area contributed by atoms with Gasteiger partial charge in [-0.25, -0.2) is 9.78 Å². The van der Waals surface area contributed by atoms with E-state index in [1.165, 1.54) is 7.05 Å². The minimum atomic E-state index is -0.517. The number of carbonyl (C=O) groups is 2. The van der Waals surface area contributed by atoms with Crippen molar-refractivity contribution in [2.45, 2.75) is 38.1 Å². The van der Waals surface area contributed by atoms with Crippen LogP contribution in [0.2, 0.25) is 0 Å². The Kier molecular flexibility index (Phi) is 5.39. The number of rotatable bonds is 3. The molecule has 28 heavy (non-hydrogen) atoms. The number of anilines is 1. The largest absolute Gasteiger partial charge is 0.412 e. The van der Waals surface area contributed by atoms with Crippen molar-refractivity contribution in [3.63, 3.8) is 0 Å². The minimum absolute atomic E-state index is 0.296. The van der Waals surface area contributed by atoms with Crippen LogP contribution in [0.4, 0.5) is 10.6 Å². The summed E-state index contributed by atoms with van der Waals surface area (Å²) in [4.78, 5) is 33.4. The fraction of sp³-hybridized carbons (Fsp3) is 0.650. The van der Waals surface area contributed by atoms with Crippen molar-refractivity contribution < 1.29 is 19.1 Å². The quantitative estimate of drug-likeness (QED) is 0.850. The van der Waals surface area contributed by atoms with E-state index < -0.39 is 6.09 Å². The molecule has 1 spiro atoms. The number of aromatic nitrogens is 1. The molecule has 0 aliphatic carbocycles. The summed E-state index contributed by atoms with van der Waals surface area (Å²) in [6.07, 6.45) is 5.76. The maximum Gasteiger partial charge on any atom is 0.412 e. The molecule has 1 aromatic rings. The molecule has 152 valence electrons. The number of hydrogen-bond donors (Lipinski definition) is 1. The summed E-state index contributed by atoms with van der Waals surface area (Å²) in [5, 5.41) is 2.41. The Hall–Kier alpha value is -2.35. The zero-order valence-electron chi connectivity index (χ0n) is 16.4. The van der Waals surface area contributed by atoms with Gasteiger partial charge < -0.3 is 24.6 Å². The highest BCUT2D eigenvalue weighted by Gasteiger charge is 2.50. The Bertz CT molecular complexity index is 719. The molecule has 1 aromatic heterocycles. The zero-order chi connectivity index (χ0) is 19.6. The highest BCUT2D eigenvalue weighted by molar-refractivity contribution is 5.86. The van der Waals surface area contributed by atoms with Crippen molar-refractivity contribution in [3.8, 4) is 5.75 Å². The van der Waals surface area contributed by atoms with Crippen LogP contribution < -0.4 is 15.0 Å². The maximum atomic E-state index is 13.3. The fourth-order valence-electron chi connectivity index (χ4n) is 4.68. The number of pyridine rings is 1. The molecule has 1 atom stereocenters. The Morgan fingerprint density at radius 1 is 1.29 bits per heavy atom. The second kappa shape index (κ2) is 7.95. The molecule has 3 fully saturated rings. The van der Waals surface area contributed by atoms with Crippen molar-refractivity contribution in [1.82, 2.24) is 15.2 Å². The molecule has 3 aliphatic heterocycles. The van der Waals surface area contributed by atoms with Gasteiger partial charge in [0.25, 0.3) is 0 Å². The van der Waals surface area contributed by atoms with Gasteiger partial charge in [-0.1, -0.05) is 0 Å². The lowest BCUT2D eigenvalue weighted by Gasteiger charge is -2.40. The lowest BCUT2D eigenvalue weighted by molar-refractivity contribution is -0.139. The second-order valence-electron chi connectivity index (χ2n) is 7.89. The molecule has 2 amide bonds. The molecule has 1 N–H and O–H groups in total. The highest BCUT2D eigenvalue weighted by Crippen LogP contribution is 2.42. The monoisotopic (exact) mass is 388 g/mol. The number of carbonyl (C=O) groups excluding carboxylic acids is 2. The lowest BCUT2D eigenvalue weighted by Crippen LogP contribution is -2.50. The zero-order valence-corrected chi connectivity index (χ0v) is 16.4. The lowest BCUT2D eigenvalue weighted by atomic mass is 9.78. The summed E-state index contributed by atoms with van der Waals surface area (Å²) < 4.78 is 10.6. The van der Waals surface area contributed by atoms with Crippen molar-refractivity contribution >= 4 is 17.8 Å². The SMILES string of the molecule is CNC(=O)Oc1ccc(N2CCC[C@@]3(CCN(C4CCOCC4)C3=O)C2)nc1. The molecule has 8 nitrogen and oxygen atoms in total. The van der Waals surface area contributed by atoms with Crippen LogP contribution in [0, 0.1) is 5.41 Å². The number of hydrogen-bond acceptors (Lipinski definition) is 6. The topological polar surface area (TPSA) is 84.0 Å². The van der Waals surface area contributed by atoms with Crippen LogP contribution in [-0.2, 0) is 9.53 Å². The highest BCUT2D eigenvalue weighted by atomic mass is 16.6. The van der Waals surface area contributed by atoms with E-state index in [-0.39, 0.29) is 5.41 Å². The van der Waals surface area contributed by atoms with Crippen molar-refractivity contribution in [2.24, 2.45) is 5.41 Å². The van der Waals surface area contributed by atoms with Gasteiger partial charge in [0, 0.05) is 45.9 Å². The van der Waals surface area contributed by atoms with Gasteiger partial charge in [-0.15, -0.1) is 0 Å². The molecule has 0 saturated carbocycles. The summed E-state index contributed by atoms with van der Waals surface area (Å²) in [7, 11) is 1.51. The Labute approximate surface area is 165 Å². The van der Waals surface area contributed by atoms with Crippen LogP contribution in [-0.4, -0.2) is 67.8 Å². The van der Waals surface area contributed by atoms with Crippen molar-refractivity contribution in [3.05, 3.63) is 18.3 Å². The molecule has 0 radical (unpaired) electrons. The normalized spacial score (nSPS) is 26.0. The molecule has 0 unspecified atom stereocenters. The molecule has 4 rings (SSSR count). The molecule has 4 heterocycles. The molecule has 0 bridgehead atoms. The average molecular weight is 388 g/mol. The molecular weight excluding hydrogens is 360 g/mol. The second-order valence-corrected chi connectivity index (χ2v) is 7.89. The summed E-state index contributed by atoms with van der Waals surface area (Å²) in [6.45, 7) is 3.94. The number of piperidine rings is 1. The van der Waals surface area contributed by atoms with E-state index in [1.807, 2.05) is 6.07 Å². The third kappa shape index (κ3) is 3.65. The van der Waals surface area contributed by atoms with Gasteiger partial charge in [0.1, 0.15) is 5.82 Å². The van der Waals surface area contributed by atoms with Crippen LogP contribution >= 0.6 is 0 Å². The molecular formula is C20H28N4O4. The summed E-state index contributed by atoms with van der Waals surface area (Å²) in [6, 6.07) is 3.92. The number of amides is 2. The van der Waals surface area contributed by atoms with Crippen molar-refractivity contribution in [1.29, 1.82) is 0 Å². The molecule has 8 heteroatoms. The standard InChI is InChI=1S/C20H28N4O4/c1-21-19(26)28-16-3-4-17(22-13-16)23-9-2-7-20(14-23)8-10-24(18(20)25)15-5-11-27-12-6-15/h3-4,13,15H,2,5-12,14H2,1H3,(H,21,26)/t20-/m1/s1. The first kappa shape index (κ1) is 19.0. The van der Waals surface area contributed by atoms with E-state index in [9.17, 15) is 9.59 Å². The molecule has 0 aromatic carbocycles. The third-order valence-corrected chi connectivity index (χ3v) is 6.21. The van der Waals surface area contributed by atoms with Crippen LogP contribution in [0.15, 0.2) is 18.3 Å². The van der Waals surface area contributed by atoms with Gasteiger partial charge in [-0.2, -0.15) is 0 Å². The summed E-state index contributed by atoms with van der Waals surface area (Å²) >= 11 is 0. The van der Waals surface area contributed by atoms with Gasteiger partial charge in [-0.05, 0) is 44.2 Å². The van der Waals surface area contributed by atoms with Crippen molar-refractivity contribution in [2.75, 3.05) is 44.8 Å². The van der Waals surface area contributed by atoms with Gasteiger partial charge in [0.2, 0.25) is 5.91 Å². The Morgan fingerprint density at radius 3 is 2.82 bits per heavy atom. The van der Waals surface area contributed by atoms with Crippen LogP contribution in [0.25, 0.3) is 0 Å². The number of nitrogens with one attached hydrogen (secondary N) is 1. The van der Waals surface area contributed by atoms with E-state index in [0.29, 0.717) is 24.2 Å². The van der Waals surface area contributed by atoms with Gasteiger partial charge in [0.05, 0.1) is 11.6 Å². The van der Waals surface area contributed by atoms with E-state index >= 15 is 0 Å². The van der Waals surface area contributed by atoms with E-state index in [2.05, 4.69) is 20.1 Å². The van der Waals surface area contributed by atoms with Gasteiger partial charge in [0.15, 0.2) is 5.75 Å². The van der Waals surface area contributed by atoms with E-state index in [4.69, 9.17) is 9.47 Å². The van der Waals surface area contributed by atoms with Gasteiger partial charge in [-0.3, -0.25) is 4.79 Å². The van der Waals surface area contributed by atoms with E-state index in [1.54, 1.807) is 12.3 Å². The smallest absolute Gasteiger partial charge is 0.409 e. The predicted octanol–water partition coefficient (Wildman–Crippen LogP) is 1.80. The van der Waals surface area contributed by atoms with Crippen LogP contribution in [0.1, 0.15) is 32.1 Å². The Morgan fingerprint density at radius 2 is 2.11 bits per heavy atom. The van der Waals surface area contributed by atoms with Crippen LogP contribution in [0.5, 0.6) is 5.75 Å². The maximum absolute atomic E-state index is 13.3. The van der Waals surface area contributed by atoms with Crippen LogP contribution in [0.3, 0.4) is 0 Å². The summed E-state index contributed by atoms with van der Waals surface area (Å²) in [5.41, 5.74) is -0.296. The predicted molar refractivity (Wildman–Crippen MR) is 103 cm³/mol.